The Balaban J connectivity index is 1.33. The Hall–Kier alpha value is -2.72. The fourth-order valence-electron chi connectivity index (χ4n) is 5.38. The predicted molar refractivity (Wildman–Crippen MR) is 120 cm³/mol. The van der Waals surface area contributed by atoms with Crippen LogP contribution >= 0.6 is 0 Å². The van der Waals surface area contributed by atoms with Crippen molar-refractivity contribution in [1.29, 1.82) is 0 Å². The SMILES string of the molecule is C[C@@H]1CN(C)CCN1N1C=C(N2CC3CCC(C2)C3=O)N=CC1CNC(=O)c1ccn[nH]1. The first-order valence-electron chi connectivity index (χ1n) is 11.6. The second kappa shape index (κ2) is 8.67. The van der Waals surface area contributed by atoms with Crippen LogP contribution in [0.1, 0.15) is 30.3 Å². The lowest BCUT2D eigenvalue weighted by molar-refractivity contribution is -0.127. The Labute approximate surface area is 188 Å². The zero-order valence-corrected chi connectivity index (χ0v) is 18.8. The van der Waals surface area contributed by atoms with E-state index in [1.807, 2.05) is 6.21 Å². The van der Waals surface area contributed by atoms with Gasteiger partial charge in [0.1, 0.15) is 17.3 Å². The standard InChI is InChI=1S/C22H32N8O2/c1-15-11-27(2)7-8-29(15)30-14-20(28-12-16-3-4-17(13-28)21(16)31)23-9-18(30)10-24-22(32)19-5-6-25-26-19/h5-6,9,14-18H,3-4,7-8,10-13H2,1-2H3,(H,24,32)(H,25,26)/t15-,16?,17?,18?/m1/s1. The number of hydrazine groups is 1. The minimum Gasteiger partial charge on any atom is -0.354 e. The zero-order valence-electron chi connectivity index (χ0n) is 18.8. The number of amides is 1. The maximum Gasteiger partial charge on any atom is 0.269 e. The largest absolute Gasteiger partial charge is 0.354 e. The number of carbonyl (C=O) groups is 2. The van der Waals surface area contributed by atoms with Gasteiger partial charge in [-0.25, -0.2) is 10.0 Å². The van der Waals surface area contributed by atoms with Crippen LogP contribution in [0.3, 0.4) is 0 Å². The van der Waals surface area contributed by atoms with Crippen molar-refractivity contribution in [2.75, 3.05) is 46.3 Å². The second-order valence-electron chi connectivity index (χ2n) is 9.45. The number of aliphatic imine (C=N–C) groups is 1. The fraction of sp³-hybridized carbons (Fsp3) is 0.636. The van der Waals surface area contributed by atoms with Crippen LogP contribution in [0.2, 0.25) is 0 Å². The molecule has 1 amide bonds. The van der Waals surface area contributed by atoms with Crippen molar-refractivity contribution in [3.8, 4) is 0 Å². The molecule has 32 heavy (non-hydrogen) atoms. The minimum absolute atomic E-state index is 0.0837. The smallest absolute Gasteiger partial charge is 0.269 e. The highest BCUT2D eigenvalue weighted by Crippen LogP contribution is 2.35. The van der Waals surface area contributed by atoms with Gasteiger partial charge in [-0.05, 0) is 32.9 Å². The van der Waals surface area contributed by atoms with Gasteiger partial charge >= 0.3 is 0 Å². The minimum atomic E-state index is -0.178. The molecule has 0 radical (unpaired) electrons. The van der Waals surface area contributed by atoms with E-state index >= 15 is 0 Å². The molecule has 2 N–H and O–H groups in total. The van der Waals surface area contributed by atoms with Gasteiger partial charge in [-0.15, -0.1) is 0 Å². The highest BCUT2D eigenvalue weighted by Gasteiger charge is 2.42. The lowest BCUT2D eigenvalue weighted by Crippen LogP contribution is -2.61. The van der Waals surface area contributed by atoms with Gasteiger partial charge in [-0.1, -0.05) is 0 Å². The number of H-pyrrole nitrogens is 1. The van der Waals surface area contributed by atoms with Gasteiger partial charge in [-0.2, -0.15) is 5.10 Å². The summed E-state index contributed by atoms with van der Waals surface area (Å²) < 4.78 is 0. The number of likely N-dealkylation sites (N-methyl/N-ethyl adjacent to an activating group) is 1. The number of piperidine rings is 1. The van der Waals surface area contributed by atoms with Gasteiger partial charge in [0.05, 0.1) is 12.2 Å². The maximum atomic E-state index is 12.4. The van der Waals surface area contributed by atoms with Crippen LogP contribution < -0.4 is 5.32 Å². The molecular weight excluding hydrogens is 408 g/mol. The van der Waals surface area contributed by atoms with Crippen LogP contribution in [0.15, 0.2) is 29.3 Å². The molecule has 1 aliphatic carbocycles. The summed E-state index contributed by atoms with van der Waals surface area (Å²) in [6.45, 7) is 7.05. The molecule has 4 heterocycles. The third-order valence-electron chi connectivity index (χ3n) is 7.15. The van der Waals surface area contributed by atoms with Gasteiger partial charge in [0.25, 0.3) is 5.91 Å². The van der Waals surface area contributed by atoms with Crippen LogP contribution in [0.4, 0.5) is 0 Å². The highest BCUT2D eigenvalue weighted by molar-refractivity contribution is 5.92. The lowest BCUT2D eigenvalue weighted by Gasteiger charge is -2.48. The molecule has 0 spiro atoms. The van der Waals surface area contributed by atoms with Crippen LogP contribution in [0.5, 0.6) is 0 Å². The number of aromatic amines is 1. The summed E-state index contributed by atoms with van der Waals surface area (Å²) in [5, 5.41) is 14.2. The Bertz CT molecular complexity index is 897. The lowest BCUT2D eigenvalue weighted by atomic mass is 9.97. The number of hydrogen-bond donors (Lipinski definition) is 2. The van der Waals surface area contributed by atoms with Crippen molar-refractivity contribution in [1.82, 2.24) is 35.3 Å². The molecule has 3 aliphatic heterocycles. The normalized spacial score (nSPS) is 31.2. The molecule has 1 saturated carbocycles. The number of hydrogen-bond acceptors (Lipinski definition) is 8. The molecule has 3 fully saturated rings. The van der Waals surface area contributed by atoms with E-state index in [0.29, 0.717) is 24.1 Å². The number of nitrogens with zero attached hydrogens (tertiary/aromatic N) is 6. The van der Waals surface area contributed by atoms with E-state index in [-0.39, 0.29) is 23.8 Å². The Kier molecular flexibility index (Phi) is 5.73. The van der Waals surface area contributed by atoms with E-state index in [1.165, 1.54) is 0 Å². The van der Waals surface area contributed by atoms with Gasteiger partial charge in [0.2, 0.25) is 0 Å². The van der Waals surface area contributed by atoms with E-state index < -0.39 is 0 Å². The number of carbonyl (C=O) groups excluding carboxylic acids is 2. The summed E-state index contributed by atoms with van der Waals surface area (Å²) in [7, 11) is 2.15. The third kappa shape index (κ3) is 4.04. The summed E-state index contributed by atoms with van der Waals surface area (Å²) in [5.74, 6) is 1.46. The van der Waals surface area contributed by atoms with E-state index in [4.69, 9.17) is 4.99 Å². The van der Waals surface area contributed by atoms with Crippen molar-refractivity contribution in [3.05, 3.63) is 30.0 Å². The quantitative estimate of drug-likeness (QED) is 0.673. The Morgan fingerprint density at radius 1 is 1.22 bits per heavy atom. The molecule has 2 bridgehead atoms. The first-order chi connectivity index (χ1) is 15.5. The molecule has 1 aromatic heterocycles. The van der Waals surface area contributed by atoms with E-state index in [9.17, 15) is 9.59 Å². The summed E-state index contributed by atoms with van der Waals surface area (Å²) in [6, 6.07) is 1.91. The summed E-state index contributed by atoms with van der Waals surface area (Å²) in [5.41, 5.74) is 0.446. The van der Waals surface area contributed by atoms with Crippen LogP contribution in [-0.4, -0.2) is 106 Å². The second-order valence-corrected chi connectivity index (χ2v) is 9.45. The number of aromatic nitrogens is 2. The molecule has 172 valence electrons. The number of piperazine rings is 1. The molecule has 2 saturated heterocycles. The first-order valence-corrected chi connectivity index (χ1v) is 11.6. The number of fused-ring (bicyclic) bond motifs is 2. The van der Waals surface area contributed by atoms with Gasteiger partial charge in [-0.3, -0.25) is 19.7 Å². The molecule has 10 heteroatoms. The van der Waals surface area contributed by atoms with Gasteiger partial charge in [0.15, 0.2) is 0 Å². The third-order valence-corrected chi connectivity index (χ3v) is 7.15. The molecule has 4 atom stereocenters. The Morgan fingerprint density at radius 3 is 2.69 bits per heavy atom. The predicted octanol–water partition coefficient (Wildman–Crippen LogP) is 0.155. The average molecular weight is 441 g/mol. The monoisotopic (exact) mass is 440 g/mol. The van der Waals surface area contributed by atoms with E-state index in [0.717, 1.165) is 51.4 Å². The number of ketones is 1. The van der Waals surface area contributed by atoms with Crippen LogP contribution in [0, 0.1) is 11.8 Å². The maximum absolute atomic E-state index is 12.4. The van der Waals surface area contributed by atoms with Gasteiger partial charge < -0.3 is 15.1 Å². The van der Waals surface area contributed by atoms with Crippen molar-refractivity contribution < 1.29 is 9.59 Å². The number of likely N-dealkylation sites (tertiary alicyclic amines) is 1. The molecular formula is C22H32N8O2. The molecule has 1 aromatic rings. The molecule has 0 aromatic carbocycles. The zero-order chi connectivity index (χ0) is 22.2. The van der Waals surface area contributed by atoms with Crippen molar-refractivity contribution in [2.45, 2.75) is 31.8 Å². The molecule has 5 rings (SSSR count). The van der Waals surface area contributed by atoms with Crippen molar-refractivity contribution in [3.63, 3.8) is 0 Å². The number of nitrogens with one attached hydrogen (secondary N) is 2. The molecule has 3 unspecified atom stereocenters. The average Bonchev–Trinajstić information content (AvgIpc) is 3.37. The molecule has 10 nitrogen and oxygen atoms in total. The number of rotatable bonds is 5. The summed E-state index contributed by atoms with van der Waals surface area (Å²) >= 11 is 0. The van der Waals surface area contributed by atoms with E-state index in [1.54, 1.807) is 12.3 Å². The summed E-state index contributed by atoms with van der Waals surface area (Å²) in [6.07, 6.45) is 7.62. The van der Waals surface area contributed by atoms with Crippen molar-refractivity contribution >= 4 is 17.9 Å². The highest BCUT2D eigenvalue weighted by atomic mass is 16.2. The fourth-order valence-corrected chi connectivity index (χ4v) is 5.38. The first kappa shape index (κ1) is 21.1. The summed E-state index contributed by atoms with van der Waals surface area (Å²) in [4.78, 5) is 34.2. The topological polar surface area (TPSA) is 100 Å². The van der Waals surface area contributed by atoms with Crippen molar-refractivity contribution in [2.24, 2.45) is 16.8 Å². The number of Topliss-reactive ketones (excluding diaryl/α,β-unsaturated/α-hetero) is 1. The van der Waals surface area contributed by atoms with Crippen LogP contribution in [-0.2, 0) is 4.79 Å². The van der Waals surface area contributed by atoms with Crippen LogP contribution in [0.25, 0.3) is 0 Å². The molecule has 4 aliphatic rings. The van der Waals surface area contributed by atoms with Gasteiger partial charge in [0, 0.05) is 69.6 Å². The van der Waals surface area contributed by atoms with E-state index in [2.05, 4.69) is 55.5 Å². The Morgan fingerprint density at radius 2 is 2.00 bits per heavy atom.